The van der Waals surface area contributed by atoms with Crippen LogP contribution in [0.15, 0.2) is 30.3 Å². The second kappa shape index (κ2) is 4.28. The molecule has 0 heterocycles. The molecule has 0 aromatic heterocycles. The number of methoxy groups -OCH3 is 1. The van der Waals surface area contributed by atoms with Crippen molar-refractivity contribution in [1.29, 1.82) is 0 Å². The minimum Gasteiger partial charge on any atom is -0.496 e. The SMILES string of the molecule is COc1ccc([N+](=O)[O-])c2c([N+](=O)[O-])cccc12. The number of hydrogen-bond donors (Lipinski definition) is 0. The van der Waals surface area contributed by atoms with E-state index in [1.807, 2.05) is 0 Å². The second-order valence-corrected chi connectivity index (χ2v) is 3.50. The normalized spacial score (nSPS) is 10.3. The molecule has 0 fully saturated rings. The number of hydrogen-bond acceptors (Lipinski definition) is 5. The van der Waals surface area contributed by atoms with E-state index in [9.17, 15) is 20.2 Å². The van der Waals surface area contributed by atoms with Gasteiger partial charge in [0.2, 0.25) is 0 Å². The standard InChI is InChI=1S/C11H8N2O5/c1-18-10-6-5-9(13(16)17)11-7(10)3-2-4-8(11)12(14)15/h2-6H,1H3. The molecule has 2 aromatic rings. The Kier molecular flexibility index (Phi) is 2.80. The highest BCUT2D eigenvalue weighted by Crippen LogP contribution is 2.38. The van der Waals surface area contributed by atoms with E-state index in [4.69, 9.17) is 4.74 Å². The Morgan fingerprint density at radius 2 is 1.61 bits per heavy atom. The van der Waals surface area contributed by atoms with E-state index in [0.29, 0.717) is 11.1 Å². The zero-order valence-electron chi connectivity index (χ0n) is 9.32. The average Bonchev–Trinajstić information content (AvgIpc) is 2.36. The molecule has 0 N–H and O–H groups in total. The third-order valence-electron chi connectivity index (χ3n) is 2.57. The summed E-state index contributed by atoms with van der Waals surface area (Å²) in [5, 5.41) is 22.2. The van der Waals surface area contributed by atoms with Gasteiger partial charge in [-0.25, -0.2) is 0 Å². The minimum atomic E-state index is -0.644. The van der Waals surface area contributed by atoms with Crippen LogP contribution < -0.4 is 4.74 Å². The van der Waals surface area contributed by atoms with Crippen LogP contribution in [-0.2, 0) is 0 Å². The lowest BCUT2D eigenvalue weighted by atomic mass is 10.1. The molecule has 0 radical (unpaired) electrons. The van der Waals surface area contributed by atoms with Crippen LogP contribution in [0.2, 0.25) is 0 Å². The van der Waals surface area contributed by atoms with E-state index in [2.05, 4.69) is 0 Å². The van der Waals surface area contributed by atoms with Gasteiger partial charge in [0.15, 0.2) is 0 Å². The van der Waals surface area contributed by atoms with Gasteiger partial charge in [-0.15, -0.1) is 0 Å². The van der Waals surface area contributed by atoms with Crippen molar-refractivity contribution in [2.75, 3.05) is 7.11 Å². The Morgan fingerprint density at radius 3 is 2.17 bits per heavy atom. The van der Waals surface area contributed by atoms with Crippen LogP contribution in [0, 0.1) is 20.2 Å². The molecule has 7 heteroatoms. The third kappa shape index (κ3) is 1.71. The summed E-state index contributed by atoms with van der Waals surface area (Å²) in [6, 6.07) is 6.87. The first kappa shape index (κ1) is 11.8. The molecule has 0 bridgehead atoms. The van der Waals surface area contributed by atoms with Gasteiger partial charge in [-0.3, -0.25) is 20.2 Å². The van der Waals surface area contributed by atoms with Gasteiger partial charge in [-0.1, -0.05) is 6.07 Å². The predicted molar refractivity (Wildman–Crippen MR) is 63.8 cm³/mol. The molecular formula is C11H8N2O5. The molecule has 2 rings (SSSR count). The summed E-state index contributed by atoms with van der Waals surface area (Å²) in [4.78, 5) is 20.6. The van der Waals surface area contributed by atoms with Gasteiger partial charge in [0.1, 0.15) is 11.1 Å². The second-order valence-electron chi connectivity index (χ2n) is 3.50. The monoisotopic (exact) mass is 248 g/mol. The number of nitro benzene ring substituents is 2. The van der Waals surface area contributed by atoms with Crippen LogP contribution in [0.4, 0.5) is 11.4 Å². The highest BCUT2D eigenvalue weighted by molar-refractivity contribution is 6.01. The maximum absolute atomic E-state index is 10.9. The Labute approximate surface area is 101 Å². The maximum atomic E-state index is 10.9. The molecule has 2 aromatic carbocycles. The molecule has 0 amide bonds. The first-order chi connectivity index (χ1) is 8.56. The number of non-ortho nitro benzene ring substituents is 2. The lowest BCUT2D eigenvalue weighted by molar-refractivity contribution is -0.390. The molecule has 0 aliphatic rings. The summed E-state index contributed by atoms with van der Waals surface area (Å²) < 4.78 is 5.05. The number of nitro groups is 2. The van der Waals surface area contributed by atoms with Gasteiger partial charge in [0.25, 0.3) is 11.4 Å². The summed E-state index contributed by atoms with van der Waals surface area (Å²) in [7, 11) is 1.40. The summed E-state index contributed by atoms with van der Waals surface area (Å²) in [6.45, 7) is 0. The quantitative estimate of drug-likeness (QED) is 0.614. The molecule has 0 unspecified atom stereocenters. The maximum Gasteiger partial charge on any atom is 0.284 e. The van der Waals surface area contributed by atoms with Gasteiger partial charge < -0.3 is 4.74 Å². The Morgan fingerprint density at radius 1 is 1.00 bits per heavy atom. The van der Waals surface area contributed by atoms with Gasteiger partial charge >= 0.3 is 0 Å². The summed E-state index contributed by atoms with van der Waals surface area (Å²) >= 11 is 0. The molecule has 7 nitrogen and oxygen atoms in total. The van der Waals surface area contributed by atoms with Crippen molar-refractivity contribution in [2.24, 2.45) is 0 Å². The Balaban J connectivity index is 2.96. The van der Waals surface area contributed by atoms with Crippen LogP contribution in [0.25, 0.3) is 10.8 Å². The number of rotatable bonds is 3. The number of benzene rings is 2. The third-order valence-corrected chi connectivity index (χ3v) is 2.57. The molecule has 0 spiro atoms. The molecule has 0 saturated carbocycles. The number of nitrogens with zero attached hydrogens (tertiary/aromatic N) is 2. The van der Waals surface area contributed by atoms with Crippen molar-refractivity contribution >= 4 is 22.1 Å². The van der Waals surface area contributed by atoms with E-state index < -0.39 is 9.85 Å². The predicted octanol–water partition coefficient (Wildman–Crippen LogP) is 2.66. The molecular weight excluding hydrogens is 240 g/mol. The minimum absolute atomic E-state index is 0.0214. The highest BCUT2D eigenvalue weighted by Gasteiger charge is 2.23. The number of ether oxygens (including phenoxy) is 1. The fraction of sp³-hybridized carbons (Fsp3) is 0.0909. The lowest BCUT2D eigenvalue weighted by Crippen LogP contribution is -1.96. The molecule has 18 heavy (non-hydrogen) atoms. The summed E-state index contributed by atoms with van der Waals surface area (Å²) in [5.74, 6) is 0.360. The summed E-state index contributed by atoms with van der Waals surface area (Å²) in [6.07, 6.45) is 0. The first-order valence-electron chi connectivity index (χ1n) is 4.94. The van der Waals surface area contributed by atoms with E-state index in [-0.39, 0.29) is 16.8 Å². The van der Waals surface area contributed by atoms with Crippen LogP contribution in [0.1, 0.15) is 0 Å². The van der Waals surface area contributed by atoms with Gasteiger partial charge in [-0.2, -0.15) is 0 Å². The van der Waals surface area contributed by atoms with Gasteiger partial charge in [-0.05, 0) is 12.1 Å². The van der Waals surface area contributed by atoms with Crippen LogP contribution in [0.5, 0.6) is 5.75 Å². The van der Waals surface area contributed by atoms with Crippen LogP contribution >= 0.6 is 0 Å². The van der Waals surface area contributed by atoms with Gasteiger partial charge in [0, 0.05) is 17.5 Å². The molecule has 0 aliphatic heterocycles. The van der Waals surface area contributed by atoms with Gasteiger partial charge in [0.05, 0.1) is 17.0 Å². The zero-order chi connectivity index (χ0) is 13.3. The largest absolute Gasteiger partial charge is 0.496 e. The van der Waals surface area contributed by atoms with Crippen molar-refractivity contribution < 1.29 is 14.6 Å². The van der Waals surface area contributed by atoms with Crippen molar-refractivity contribution in [3.63, 3.8) is 0 Å². The fourth-order valence-corrected chi connectivity index (χ4v) is 1.82. The van der Waals surface area contributed by atoms with E-state index >= 15 is 0 Å². The smallest absolute Gasteiger partial charge is 0.284 e. The van der Waals surface area contributed by atoms with Crippen molar-refractivity contribution in [3.8, 4) is 5.75 Å². The topological polar surface area (TPSA) is 95.5 Å². The van der Waals surface area contributed by atoms with Crippen molar-refractivity contribution in [2.45, 2.75) is 0 Å². The van der Waals surface area contributed by atoms with Crippen LogP contribution in [-0.4, -0.2) is 17.0 Å². The highest BCUT2D eigenvalue weighted by atomic mass is 16.6. The Bertz CT molecular complexity index is 633. The molecule has 0 aliphatic carbocycles. The first-order valence-corrected chi connectivity index (χ1v) is 4.94. The van der Waals surface area contributed by atoms with E-state index in [1.165, 1.54) is 31.4 Å². The molecule has 0 atom stereocenters. The fourth-order valence-electron chi connectivity index (χ4n) is 1.82. The molecule has 92 valence electrons. The van der Waals surface area contributed by atoms with Crippen molar-refractivity contribution in [3.05, 3.63) is 50.6 Å². The lowest BCUT2D eigenvalue weighted by Gasteiger charge is -2.06. The zero-order valence-corrected chi connectivity index (χ0v) is 9.32. The average molecular weight is 248 g/mol. The van der Waals surface area contributed by atoms with E-state index in [0.717, 1.165) is 0 Å². The van der Waals surface area contributed by atoms with Crippen molar-refractivity contribution in [1.82, 2.24) is 0 Å². The summed E-state index contributed by atoms with van der Waals surface area (Å²) in [5.41, 5.74) is -0.615. The van der Waals surface area contributed by atoms with Crippen LogP contribution in [0.3, 0.4) is 0 Å². The van der Waals surface area contributed by atoms with E-state index in [1.54, 1.807) is 6.07 Å². The number of fused-ring (bicyclic) bond motifs is 1. The Hall–Kier alpha value is -2.70. The molecule has 0 saturated heterocycles.